The number of allylic oxidation sites excluding steroid dienone is 3. The normalized spacial score (nSPS) is 20.3. The summed E-state index contributed by atoms with van der Waals surface area (Å²) in [6.45, 7) is -3.67. The number of ether oxygens (including phenoxy) is 4. The van der Waals surface area contributed by atoms with E-state index in [0.717, 1.165) is 30.9 Å². The molecule has 14 rings (SSSR count). The van der Waals surface area contributed by atoms with Crippen LogP contribution in [0.25, 0.3) is 11.4 Å². The second-order valence-corrected chi connectivity index (χ2v) is 31.0. The number of hydrazone groups is 1. The maximum atomic E-state index is 13.6. The molecule has 0 saturated heterocycles. The van der Waals surface area contributed by atoms with Crippen LogP contribution in [-0.4, -0.2) is 114 Å². The molecule has 20 nitrogen and oxygen atoms in total. The van der Waals surface area contributed by atoms with Gasteiger partial charge in [-0.1, -0.05) is 182 Å². The SMILES string of the molecule is COC(=O)C1C2C=CC(C2)C1C(=O)OCC(F)(F)S(=O)(=O)O.COC(=O)C1C2CC(C3=CNN=C(c4ccccc4)C32)C1C(=O)OCC(F)(F)S(=O)(=O)O.c1ccc(-c2nncnn2)cc1.c1ccc([S+](c2ccccc2)c2ccccc2)cc1.c1ccc([S+](c2ccccc2)c2ccccc2)cc1. The lowest BCUT2D eigenvalue weighted by molar-refractivity contribution is -0.165. The zero-order valence-corrected chi connectivity index (χ0v) is 58.9. The van der Waals surface area contributed by atoms with Crippen molar-refractivity contribution < 1.29 is 81.6 Å². The summed E-state index contributed by atoms with van der Waals surface area (Å²) in [6, 6.07) is 83.2. The molecule has 4 bridgehead atoms. The van der Waals surface area contributed by atoms with Crippen LogP contribution in [0.3, 0.4) is 0 Å². The number of hydrogen-bond donors (Lipinski definition) is 3. The second kappa shape index (κ2) is 34.8. The molecule has 3 fully saturated rings. The molecule has 1 aliphatic heterocycles. The van der Waals surface area contributed by atoms with E-state index in [1.807, 2.05) is 60.7 Å². The summed E-state index contributed by atoms with van der Waals surface area (Å²) in [4.78, 5) is 57.2. The summed E-state index contributed by atoms with van der Waals surface area (Å²) in [6.07, 6.45) is 7.28. The van der Waals surface area contributed by atoms with E-state index in [-0.39, 0.29) is 45.5 Å². The van der Waals surface area contributed by atoms with Crippen LogP contribution in [0.2, 0.25) is 0 Å². The molecular weight excluding hydrogens is 1430 g/mol. The molecule has 8 aromatic carbocycles. The Hall–Kier alpha value is -10.2. The van der Waals surface area contributed by atoms with Crippen molar-refractivity contribution in [2.24, 2.45) is 58.4 Å². The maximum absolute atomic E-state index is 13.6. The Balaban J connectivity index is 0.000000144. The number of rotatable bonds is 18. The van der Waals surface area contributed by atoms with E-state index in [0.29, 0.717) is 24.4 Å². The highest BCUT2D eigenvalue weighted by atomic mass is 32.2. The lowest BCUT2D eigenvalue weighted by Crippen LogP contribution is -2.45. The van der Waals surface area contributed by atoms with Crippen molar-refractivity contribution in [3.8, 4) is 11.4 Å². The number of nitrogens with zero attached hydrogens (tertiary/aromatic N) is 5. The predicted octanol–water partition coefficient (Wildman–Crippen LogP) is 12.7. The largest absolute Gasteiger partial charge is 0.469 e. The van der Waals surface area contributed by atoms with Crippen molar-refractivity contribution in [3.63, 3.8) is 0 Å². The van der Waals surface area contributed by atoms with Gasteiger partial charge in [-0.05, 0) is 120 Å². The fraction of sp³-hybridized carbons (Fsp3) is 0.224. The molecule has 538 valence electrons. The third-order valence-electron chi connectivity index (χ3n) is 17.6. The first-order valence-corrected chi connectivity index (χ1v) is 37.6. The van der Waals surface area contributed by atoms with Crippen molar-refractivity contribution in [1.29, 1.82) is 0 Å². The van der Waals surface area contributed by atoms with E-state index in [9.17, 15) is 53.6 Å². The number of methoxy groups -OCH3 is 2. The van der Waals surface area contributed by atoms with Crippen molar-refractivity contribution in [2.75, 3.05) is 27.4 Å². The van der Waals surface area contributed by atoms with Gasteiger partial charge in [-0.25, -0.2) is 0 Å². The standard InChI is InChI=1S/C20H20F2N2O7S.2C18H15S.C12H14F2O7S.C8H6N4/c1-30-18(25)16-12-7-11(15(16)19(26)31-9-20(21,22)32(27,28)29)13-8-23-24-17(14(12)13)10-5-3-2-4-6-10;2*1-4-10-16(11-5-1)19(17-12-6-2-7-13-17)18-14-8-3-9-15-18;1-20-10(15)8-6-2-3-7(4-6)9(8)11(16)21-5-12(13,14)22(17,18)19;1-2-4-7(5-3-1)8-11-9-6-10-12-8/h2-6,8,11-12,14-16,23H,7,9H2,1H3,(H,27,28,29);2*1-15H;2-3,6-9H,4-5H2,1H3,(H,17,18,19);1-6H/q;2*+1;;. The summed E-state index contributed by atoms with van der Waals surface area (Å²) in [5.41, 5.74) is 6.04. The Kier molecular flexibility index (Phi) is 25.6. The average molecular weight is 1500 g/mol. The smallest absolute Gasteiger partial charge is 0.402 e. The van der Waals surface area contributed by atoms with Crippen molar-refractivity contribution in [1.82, 2.24) is 25.8 Å². The molecule has 2 heterocycles. The minimum atomic E-state index is -5.76. The van der Waals surface area contributed by atoms with Crippen LogP contribution in [0.15, 0.2) is 307 Å². The topological polar surface area (TPSA) is 290 Å². The Labute approximate surface area is 603 Å². The maximum Gasteiger partial charge on any atom is 0.402 e. The average Bonchev–Trinajstić information content (AvgIpc) is 1.55. The van der Waals surface area contributed by atoms with E-state index >= 15 is 0 Å². The summed E-state index contributed by atoms with van der Waals surface area (Å²) in [7, 11) is -9.17. The summed E-state index contributed by atoms with van der Waals surface area (Å²) >= 11 is 0. The molecule has 1 aromatic heterocycles. The van der Waals surface area contributed by atoms with Crippen LogP contribution in [0, 0.1) is 53.3 Å². The summed E-state index contributed by atoms with van der Waals surface area (Å²) < 4.78 is 131. The molecule has 3 saturated carbocycles. The number of carbonyl (C=O) groups excluding carboxylic acids is 4. The minimum Gasteiger partial charge on any atom is -0.469 e. The molecule has 3 N–H and O–H groups in total. The van der Waals surface area contributed by atoms with Gasteiger partial charge < -0.3 is 18.9 Å². The first-order chi connectivity index (χ1) is 50.0. The number of hydrogen-bond acceptors (Lipinski definition) is 18. The van der Waals surface area contributed by atoms with Crippen molar-refractivity contribution >= 4 is 71.6 Å². The Bertz CT molecular complexity index is 4340. The van der Waals surface area contributed by atoms with Crippen molar-refractivity contribution in [3.05, 3.63) is 278 Å². The molecule has 0 spiro atoms. The Morgan fingerprint density at radius 2 is 0.788 bits per heavy atom. The van der Waals surface area contributed by atoms with Gasteiger partial charge >= 0.3 is 54.6 Å². The second-order valence-electron chi connectivity index (χ2n) is 23.9. The Morgan fingerprint density at radius 1 is 0.462 bits per heavy atom. The fourth-order valence-electron chi connectivity index (χ4n) is 13.0. The quantitative estimate of drug-likeness (QED) is 0.0180. The third-order valence-corrected chi connectivity index (χ3v) is 23.8. The number of aromatic nitrogens is 4. The highest BCUT2D eigenvalue weighted by Crippen LogP contribution is 2.60. The van der Waals surface area contributed by atoms with Crippen LogP contribution in [0.4, 0.5) is 17.6 Å². The van der Waals surface area contributed by atoms with Gasteiger partial charge in [-0.2, -0.15) is 39.5 Å². The highest BCUT2D eigenvalue weighted by molar-refractivity contribution is 7.97. The number of nitrogens with one attached hydrogen (secondary N) is 1. The summed E-state index contributed by atoms with van der Waals surface area (Å²) in [5.74, 6) is -8.78. The molecule has 28 heteroatoms. The number of alkyl halides is 4. The number of carbonyl (C=O) groups is 4. The van der Waals surface area contributed by atoms with E-state index in [2.05, 4.69) is 227 Å². The monoisotopic (exact) mass is 1490 g/mol. The summed E-state index contributed by atoms with van der Waals surface area (Å²) in [5, 5.41) is 10.0. The molecule has 9 atom stereocenters. The fourth-order valence-corrected chi connectivity index (χ4v) is 17.6. The van der Waals surface area contributed by atoms with Gasteiger partial charge in [0.15, 0.2) is 48.9 Å². The van der Waals surface area contributed by atoms with E-state index in [1.54, 1.807) is 18.4 Å². The molecular formula is C76H70F4N6O14S4+2. The van der Waals surface area contributed by atoms with Gasteiger partial charge in [0.1, 0.15) is 0 Å². The van der Waals surface area contributed by atoms with Crippen molar-refractivity contribution in [2.45, 2.75) is 52.7 Å². The Morgan fingerprint density at radius 3 is 1.14 bits per heavy atom. The molecule has 0 amide bonds. The van der Waals surface area contributed by atoms with Gasteiger partial charge in [0.2, 0.25) is 5.82 Å². The van der Waals surface area contributed by atoms with Crippen LogP contribution in [0.5, 0.6) is 0 Å². The lowest BCUT2D eigenvalue weighted by Gasteiger charge is -2.37. The lowest BCUT2D eigenvalue weighted by atomic mass is 9.68. The van der Waals surface area contributed by atoms with Gasteiger partial charge in [0.25, 0.3) is 0 Å². The van der Waals surface area contributed by atoms with E-state index in [1.165, 1.54) is 35.7 Å². The molecule has 4 aliphatic carbocycles. The van der Waals surface area contributed by atoms with Crippen LogP contribution in [-0.2, 0) is 80.2 Å². The van der Waals surface area contributed by atoms with Gasteiger partial charge in [0.05, 0.1) is 65.4 Å². The number of fused-ring (bicyclic) bond motifs is 7. The van der Waals surface area contributed by atoms with Gasteiger partial charge in [-0.3, -0.25) is 33.7 Å². The highest BCUT2D eigenvalue weighted by Gasteiger charge is 2.63. The van der Waals surface area contributed by atoms with Gasteiger partial charge in [0, 0.05) is 17.7 Å². The molecule has 0 radical (unpaired) electrons. The van der Waals surface area contributed by atoms with Gasteiger partial charge in [-0.15, -0.1) is 20.4 Å². The zero-order chi connectivity index (χ0) is 74.0. The number of esters is 4. The molecule has 9 aromatic rings. The molecule has 5 aliphatic rings. The molecule has 104 heavy (non-hydrogen) atoms. The predicted molar refractivity (Wildman–Crippen MR) is 379 cm³/mol. The van der Waals surface area contributed by atoms with E-state index < -0.39 is 97.4 Å². The van der Waals surface area contributed by atoms with Crippen LogP contribution < -0.4 is 5.43 Å². The first-order valence-electron chi connectivity index (χ1n) is 32.3. The molecule has 9 unspecified atom stereocenters. The third kappa shape index (κ3) is 18.4. The first kappa shape index (κ1) is 76.4. The zero-order valence-electron chi connectivity index (χ0n) is 55.6. The van der Waals surface area contributed by atoms with Crippen LogP contribution >= 0.6 is 0 Å². The van der Waals surface area contributed by atoms with E-state index in [4.69, 9.17) is 13.8 Å². The number of halogens is 4. The minimum absolute atomic E-state index is 0.0146. The number of benzene rings is 8. The van der Waals surface area contributed by atoms with Crippen LogP contribution in [0.1, 0.15) is 18.4 Å².